The number of hydrogen-bond donors (Lipinski definition) is 2. The van der Waals surface area contributed by atoms with Gasteiger partial charge in [0, 0.05) is 36.2 Å². The van der Waals surface area contributed by atoms with Gasteiger partial charge in [-0.3, -0.25) is 0 Å². The molecule has 0 saturated heterocycles. The third kappa shape index (κ3) is 5.32. The van der Waals surface area contributed by atoms with Gasteiger partial charge in [0.05, 0.1) is 13.2 Å². The normalized spacial score (nSPS) is 10.3. The molecule has 2 aromatic rings. The molecule has 2 rings (SSSR count). The highest BCUT2D eigenvalue weighted by Crippen LogP contribution is 2.20. The first-order chi connectivity index (χ1) is 12.2. The van der Waals surface area contributed by atoms with Gasteiger partial charge in [0.2, 0.25) is 11.4 Å². The van der Waals surface area contributed by atoms with E-state index in [1.165, 1.54) is 0 Å². The summed E-state index contributed by atoms with van der Waals surface area (Å²) in [5.41, 5.74) is 0.382. The average Bonchev–Trinajstić information content (AvgIpc) is 3.24. The second-order valence-electron chi connectivity index (χ2n) is 4.55. The number of carbonyl (C=O) groups excluding carboxylic acids is 2. The van der Waals surface area contributed by atoms with Crippen LogP contribution in [0.1, 0.15) is 41.2 Å². The minimum Gasteiger partial charge on any atom is -0.461 e. The van der Waals surface area contributed by atoms with Crippen LogP contribution in [0.5, 0.6) is 0 Å². The van der Waals surface area contributed by atoms with Gasteiger partial charge in [-0.15, -0.1) is 10.2 Å². The van der Waals surface area contributed by atoms with Crippen LogP contribution in [0.15, 0.2) is 0 Å². The number of hydrogen-bond acceptors (Lipinski definition) is 12. The van der Waals surface area contributed by atoms with Crippen LogP contribution in [-0.2, 0) is 9.47 Å². The van der Waals surface area contributed by atoms with Crippen molar-refractivity contribution < 1.29 is 19.1 Å². The van der Waals surface area contributed by atoms with E-state index in [2.05, 4.69) is 29.8 Å². The second kappa shape index (κ2) is 9.84. The summed E-state index contributed by atoms with van der Waals surface area (Å²) in [6.07, 6.45) is 0.723. The maximum absolute atomic E-state index is 11.7. The van der Waals surface area contributed by atoms with Gasteiger partial charge >= 0.3 is 11.9 Å². The van der Waals surface area contributed by atoms with Crippen molar-refractivity contribution in [2.24, 2.45) is 0 Å². The van der Waals surface area contributed by atoms with Gasteiger partial charge < -0.3 is 20.1 Å². The highest BCUT2D eigenvalue weighted by atomic mass is 32.1. The van der Waals surface area contributed by atoms with Gasteiger partial charge in [0.15, 0.2) is 0 Å². The average molecular weight is 386 g/mol. The molecule has 0 saturated carbocycles. The molecule has 0 bridgehead atoms. The predicted molar refractivity (Wildman–Crippen MR) is 93.3 cm³/mol. The molecule has 0 aliphatic heterocycles. The Morgan fingerprint density at radius 3 is 1.72 bits per heavy atom. The number of aromatic nitrogens is 4. The Bertz CT molecular complexity index is 646. The summed E-state index contributed by atoms with van der Waals surface area (Å²) in [7, 11) is 0. The Morgan fingerprint density at radius 1 is 0.880 bits per heavy atom. The van der Waals surface area contributed by atoms with E-state index in [1.54, 1.807) is 13.8 Å². The number of anilines is 2. The van der Waals surface area contributed by atoms with Gasteiger partial charge in [0.25, 0.3) is 0 Å². The largest absolute Gasteiger partial charge is 0.461 e. The Labute approximate surface area is 152 Å². The zero-order valence-corrected chi connectivity index (χ0v) is 15.4. The van der Waals surface area contributed by atoms with Gasteiger partial charge in [0.1, 0.15) is 10.0 Å². The van der Waals surface area contributed by atoms with Crippen molar-refractivity contribution >= 4 is 45.0 Å². The Kier molecular flexibility index (Phi) is 7.47. The van der Waals surface area contributed by atoms with E-state index in [0.717, 1.165) is 29.5 Å². The highest BCUT2D eigenvalue weighted by Gasteiger charge is 2.18. The third-order valence-corrected chi connectivity index (χ3v) is 4.21. The number of esters is 2. The van der Waals surface area contributed by atoms with E-state index in [0.29, 0.717) is 23.1 Å². The molecule has 0 aromatic carbocycles. The van der Waals surface area contributed by atoms with Crippen molar-refractivity contribution in [3.8, 4) is 0 Å². The van der Waals surface area contributed by atoms with Gasteiger partial charge in [-0.05, 0) is 20.3 Å². The fourth-order valence-electron chi connectivity index (χ4n) is 1.77. The summed E-state index contributed by atoms with van der Waals surface area (Å²) in [6, 6.07) is 0. The number of rotatable bonds is 10. The number of nitrogens with zero attached hydrogens (tertiary/aromatic N) is 4. The van der Waals surface area contributed by atoms with Crippen LogP contribution in [0, 0.1) is 0 Å². The molecular formula is C13H18N6O4S2. The second-order valence-corrected chi connectivity index (χ2v) is 6.06. The van der Waals surface area contributed by atoms with E-state index < -0.39 is 11.9 Å². The Morgan fingerprint density at radius 2 is 1.32 bits per heavy atom. The van der Waals surface area contributed by atoms with Crippen LogP contribution >= 0.6 is 23.1 Å². The summed E-state index contributed by atoms with van der Waals surface area (Å²) in [4.78, 5) is 23.4. The maximum Gasteiger partial charge on any atom is 0.362 e. The zero-order valence-electron chi connectivity index (χ0n) is 13.8. The molecule has 0 radical (unpaired) electrons. The van der Waals surface area contributed by atoms with E-state index in [9.17, 15) is 9.59 Å². The summed E-state index contributed by atoms with van der Waals surface area (Å²) < 4.78 is 17.4. The highest BCUT2D eigenvalue weighted by molar-refractivity contribution is 7.10. The molecule has 2 heterocycles. The van der Waals surface area contributed by atoms with Crippen LogP contribution in [0.2, 0.25) is 0 Å². The molecule has 0 amide bonds. The van der Waals surface area contributed by atoms with Crippen LogP contribution in [-0.4, -0.2) is 57.4 Å². The summed E-state index contributed by atoms with van der Waals surface area (Å²) in [5.74, 6) is -0.988. The van der Waals surface area contributed by atoms with Gasteiger partial charge in [-0.1, -0.05) is 8.98 Å². The molecule has 0 unspecified atom stereocenters. The van der Waals surface area contributed by atoms with Crippen LogP contribution in [0.4, 0.5) is 10.0 Å². The van der Waals surface area contributed by atoms with E-state index >= 15 is 0 Å². The molecule has 0 atom stereocenters. The zero-order chi connectivity index (χ0) is 18.1. The first-order valence-electron chi connectivity index (χ1n) is 7.64. The molecule has 2 N–H and O–H groups in total. The van der Waals surface area contributed by atoms with Crippen molar-refractivity contribution in [2.45, 2.75) is 20.3 Å². The molecular weight excluding hydrogens is 368 g/mol. The van der Waals surface area contributed by atoms with Crippen molar-refractivity contribution in [2.75, 3.05) is 36.9 Å². The molecule has 2 aromatic heterocycles. The molecule has 0 fully saturated rings. The number of ether oxygens (including phenoxy) is 2. The lowest BCUT2D eigenvalue weighted by molar-refractivity contribution is 0.0511. The van der Waals surface area contributed by atoms with E-state index in [1.807, 2.05) is 0 Å². The Hall–Kier alpha value is -2.34. The van der Waals surface area contributed by atoms with Crippen LogP contribution in [0.25, 0.3) is 0 Å². The lowest BCUT2D eigenvalue weighted by atomic mass is 10.4. The van der Waals surface area contributed by atoms with Crippen LogP contribution in [0.3, 0.4) is 0 Å². The smallest absolute Gasteiger partial charge is 0.362 e. The molecule has 0 spiro atoms. The standard InChI is InChI=1S/C13H18N6O4S2/c1-3-22-12(20)8-10(24-18-16-8)14-6-5-7-15-11-9(17-19-25-11)13(21)23-4-2/h14-15H,3-7H2,1-2H3. The van der Waals surface area contributed by atoms with Gasteiger partial charge in [-0.2, -0.15) is 0 Å². The minimum absolute atomic E-state index is 0.191. The minimum atomic E-state index is -0.494. The predicted octanol–water partition coefficient (Wildman–Crippen LogP) is 1.66. The maximum atomic E-state index is 11.7. The number of nitrogens with one attached hydrogen (secondary N) is 2. The van der Waals surface area contributed by atoms with Gasteiger partial charge in [-0.25, -0.2) is 9.59 Å². The van der Waals surface area contributed by atoms with Crippen molar-refractivity contribution in [1.82, 2.24) is 19.2 Å². The molecule has 10 nitrogen and oxygen atoms in total. The molecule has 25 heavy (non-hydrogen) atoms. The van der Waals surface area contributed by atoms with Crippen molar-refractivity contribution in [1.29, 1.82) is 0 Å². The van der Waals surface area contributed by atoms with E-state index in [-0.39, 0.29) is 24.6 Å². The molecule has 136 valence electrons. The fourth-order valence-corrected chi connectivity index (χ4v) is 2.93. The summed E-state index contributed by atoms with van der Waals surface area (Å²) >= 11 is 2.20. The lowest BCUT2D eigenvalue weighted by Crippen LogP contribution is -2.13. The topological polar surface area (TPSA) is 128 Å². The first-order valence-corrected chi connectivity index (χ1v) is 9.18. The monoisotopic (exact) mass is 386 g/mol. The molecule has 12 heteroatoms. The van der Waals surface area contributed by atoms with Crippen molar-refractivity contribution in [3.63, 3.8) is 0 Å². The number of carbonyl (C=O) groups is 2. The summed E-state index contributed by atoms with van der Waals surface area (Å²) in [5, 5.41) is 14.9. The molecule has 0 aliphatic carbocycles. The lowest BCUT2D eigenvalue weighted by Gasteiger charge is -2.07. The summed E-state index contributed by atoms with van der Waals surface area (Å²) in [6.45, 7) is 5.20. The van der Waals surface area contributed by atoms with Crippen molar-refractivity contribution in [3.05, 3.63) is 11.4 Å². The van der Waals surface area contributed by atoms with E-state index in [4.69, 9.17) is 9.47 Å². The fraction of sp³-hybridized carbons (Fsp3) is 0.538. The third-order valence-electron chi connectivity index (χ3n) is 2.84. The quantitative estimate of drug-likeness (QED) is 0.459. The SMILES string of the molecule is CCOC(=O)c1nnsc1NCCCNc1snnc1C(=O)OCC. The Balaban J connectivity index is 1.76. The molecule has 0 aliphatic rings. The first kappa shape index (κ1) is 19.0. The van der Waals surface area contributed by atoms with Crippen LogP contribution < -0.4 is 10.6 Å².